The number of nitrogens with two attached hydrogens (primary N) is 1. The highest BCUT2D eigenvalue weighted by Crippen LogP contribution is 2.34. The maximum atomic E-state index is 5.63. The molecular formula is C18H21N3. The quantitative estimate of drug-likeness (QED) is 0.654. The Hall–Kier alpha value is -2.13. The number of nitrogens with zero attached hydrogens (tertiary/aromatic N) is 1. The minimum atomic E-state index is 0.243. The summed E-state index contributed by atoms with van der Waals surface area (Å²) in [4.78, 5) is 0. The monoisotopic (exact) mass is 279 g/mol. The number of rotatable bonds is 2. The molecule has 0 bridgehead atoms. The summed E-state index contributed by atoms with van der Waals surface area (Å²) in [6.07, 6.45) is 0.866. The molecule has 3 rings (SSSR count). The summed E-state index contributed by atoms with van der Waals surface area (Å²) in [6.45, 7) is 2.19. The van der Waals surface area contributed by atoms with E-state index in [1.54, 1.807) is 0 Å². The van der Waals surface area contributed by atoms with E-state index in [4.69, 9.17) is 5.84 Å². The maximum absolute atomic E-state index is 5.63. The van der Waals surface area contributed by atoms with E-state index in [9.17, 15) is 0 Å². The molecule has 2 aromatic carbocycles. The van der Waals surface area contributed by atoms with Gasteiger partial charge in [-0.05, 0) is 11.1 Å². The fourth-order valence-corrected chi connectivity index (χ4v) is 3.12. The van der Waals surface area contributed by atoms with Crippen molar-refractivity contribution in [1.29, 1.82) is 0 Å². The second-order valence-electron chi connectivity index (χ2n) is 5.63. The van der Waals surface area contributed by atoms with Crippen LogP contribution >= 0.6 is 0 Å². The van der Waals surface area contributed by atoms with Crippen LogP contribution in [-0.4, -0.2) is 5.71 Å². The third-order valence-corrected chi connectivity index (χ3v) is 4.35. The fraction of sp³-hybridized carbons (Fsp3) is 0.278. The summed E-state index contributed by atoms with van der Waals surface area (Å²) in [6, 6.07) is 21.5. The smallest absolute Gasteiger partial charge is 0.0441 e. The van der Waals surface area contributed by atoms with Gasteiger partial charge in [-0.25, -0.2) is 0 Å². The van der Waals surface area contributed by atoms with Crippen molar-refractivity contribution in [1.82, 2.24) is 5.32 Å². The highest BCUT2D eigenvalue weighted by molar-refractivity contribution is 5.88. The lowest BCUT2D eigenvalue weighted by atomic mass is 9.81. The molecule has 1 aliphatic heterocycles. The van der Waals surface area contributed by atoms with Crippen LogP contribution in [0.4, 0.5) is 0 Å². The van der Waals surface area contributed by atoms with Crippen LogP contribution in [0.3, 0.4) is 0 Å². The van der Waals surface area contributed by atoms with Crippen LogP contribution in [0.1, 0.15) is 36.6 Å². The van der Waals surface area contributed by atoms with Gasteiger partial charge < -0.3 is 11.2 Å². The van der Waals surface area contributed by atoms with Crippen molar-refractivity contribution >= 4 is 5.71 Å². The third kappa shape index (κ3) is 2.83. The van der Waals surface area contributed by atoms with Crippen molar-refractivity contribution in [3.63, 3.8) is 0 Å². The summed E-state index contributed by atoms with van der Waals surface area (Å²) in [7, 11) is 0. The second-order valence-corrected chi connectivity index (χ2v) is 5.63. The Morgan fingerprint density at radius 2 is 1.52 bits per heavy atom. The van der Waals surface area contributed by atoms with Crippen LogP contribution < -0.4 is 11.2 Å². The van der Waals surface area contributed by atoms with Gasteiger partial charge in [-0.1, -0.05) is 67.6 Å². The van der Waals surface area contributed by atoms with Gasteiger partial charge in [-0.3, -0.25) is 0 Å². The van der Waals surface area contributed by atoms with Crippen LogP contribution in [-0.2, 0) is 0 Å². The molecule has 1 aliphatic rings. The molecule has 0 radical (unpaired) electrons. The first-order valence-electron chi connectivity index (χ1n) is 7.42. The van der Waals surface area contributed by atoms with Gasteiger partial charge in [-0.15, -0.1) is 0 Å². The normalized spacial score (nSPS) is 27.7. The predicted molar refractivity (Wildman–Crippen MR) is 86.9 cm³/mol. The summed E-state index contributed by atoms with van der Waals surface area (Å²) >= 11 is 0. The average molecular weight is 279 g/mol. The maximum Gasteiger partial charge on any atom is 0.0441 e. The SMILES string of the molecule is C[C@H]1/C(=N\N)C[C@H](c2ccccc2)N[C@@H]1c1ccccc1. The molecule has 0 aliphatic carbocycles. The molecule has 108 valence electrons. The van der Waals surface area contributed by atoms with Crippen LogP contribution in [0.2, 0.25) is 0 Å². The zero-order valence-corrected chi connectivity index (χ0v) is 12.2. The Bertz CT molecular complexity index is 607. The van der Waals surface area contributed by atoms with Crippen LogP contribution in [0.15, 0.2) is 65.8 Å². The van der Waals surface area contributed by atoms with Crippen molar-refractivity contribution in [3.05, 3.63) is 71.8 Å². The first-order chi connectivity index (χ1) is 10.3. The molecule has 3 nitrogen and oxygen atoms in total. The minimum absolute atomic E-state index is 0.243. The van der Waals surface area contributed by atoms with Gasteiger partial charge in [0.1, 0.15) is 0 Å². The molecular weight excluding hydrogens is 258 g/mol. The minimum Gasteiger partial charge on any atom is -0.323 e. The van der Waals surface area contributed by atoms with E-state index in [2.05, 4.69) is 65.9 Å². The molecule has 0 amide bonds. The molecule has 1 heterocycles. The average Bonchev–Trinajstić information content (AvgIpc) is 2.56. The highest BCUT2D eigenvalue weighted by Gasteiger charge is 2.33. The Labute approximate surface area is 125 Å². The van der Waals surface area contributed by atoms with E-state index in [0.717, 1.165) is 12.1 Å². The van der Waals surface area contributed by atoms with Crippen molar-refractivity contribution < 1.29 is 0 Å². The lowest BCUT2D eigenvalue weighted by Gasteiger charge is -2.37. The van der Waals surface area contributed by atoms with Crippen molar-refractivity contribution in [2.45, 2.75) is 25.4 Å². The van der Waals surface area contributed by atoms with Gasteiger partial charge in [0.2, 0.25) is 0 Å². The van der Waals surface area contributed by atoms with Crippen LogP contribution in [0, 0.1) is 5.92 Å². The number of hydrogen-bond acceptors (Lipinski definition) is 3. The van der Waals surface area contributed by atoms with Gasteiger partial charge in [-0.2, -0.15) is 5.10 Å². The molecule has 21 heavy (non-hydrogen) atoms. The summed E-state index contributed by atoms with van der Waals surface area (Å²) in [5.41, 5.74) is 3.65. The van der Waals surface area contributed by atoms with Gasteiger partial charge in [0.15, 0.2) is 0 Å². The van der Waals surface area contributed by atoms with Crippen molar-refractivity contribution in [3.8, 4) is 0 Å². The van der Waals surface area contributed by atoms with Gasteiger partial charge in [0.05, 0.1) is 0 Å². The molecule has 0 saturated carbocycles. The number of benzene rings is 2. The first kappa shape index (κ1) is 13.8. The summed E-state index contributed by atoms with van der Waals surface area (Å²) < 4.78 is 0. The Morgan fingerprint density at radius 1 is 0.952 bits per heavy atom. The van der Waals surface area contributed by atoms with Crippen LogP contribution in [0.5, 0.6) is 0 Å². The highest BCUT2D eigenvalue weighted by atomic mass is 15.1. The fourth-order valence-electron chi connectivity index (χ4n) is 3.12. The number of hydrogen-bond donors (Lipinski definition) is 2. The Balaban J connectivity index is 1.93. The lowest BCUT2D eigenvalue weighted by Crippen LogP contribution is -2.41. The number of piperidine rings is 1. The van der Waals surface area contributed by atoms with Crippen molar-refractivity contribution in [2.75, 3.05) is 0 Å². The second kappa shape index (κ2) is 6.10. The molecule has 0 unspecified atom stereocenters. The number of hydrazone groups is 1. The molecule has 1 fully saturated rings. The van der Waals surface area contributed by atoms with Crippen molar-refractivity contribution in [2.24, 2.45) is 16.9 Å². The molecule has 3 heteroatoms. The molecule has 0 spiro atoms. The Morgan fingerprint density at radius 3 is 2.10 bits per heavy atom. The zero-order chi connectivity index (χ0) is 14.7. The van der Waals surface area contributed by atoms with E-state index in [0.29, 0.717) is 5.92 Å². The van der Waals surface area contributed by atoms with E-state index in [1.165, 1.54) is 11.1 Å². The zero-order valence-electron chi connectivity index (χ0n) is 12.2. The molecule has 0 aromatic heterocycles. The van der Waals surface area contributed by atoms with Gasteiger partial charge in [0, 0.05) is 30.1 Å². The van der Waals surface area contributed by atoms with Crippen LogP contribution in [0.25, 0.3) is 0 Å². The van der Waals surface area contributed by atoms with E-state index >= 15 is 0 Å². The third-order valence-electron chi connectivity index (χ3n) is 4.35. The Kier molecular flexibility index (Phi) is 4.02. The van der Waals surface area contributed by atoms with E-state index < -0.39 is 0 Å². The molecule has 1 saturated heterocycles. The van der Waals surface area contributed by atoms with E-state index in [-0.39, 0.29) is 12.1 Å². The lowest BCUT2D eigenvalue weighted by molar-refractivity contribution is 0.364. The number of nitrogens with one attached hydrogen (secondary N) is 1. The first-order valence-corrected chi connectivity index (χ1v) is 7.42. The molecule has 2 aromatic rings. The summed E-state index contributed by atoms with van der Waals surface area (Å²) in [5.74, 6) is 5.94. The van der Waals surface area contributed by atoms with Gasteiger partial charge >= 0.3 is 0 Å². The topological polar surface area (TPSA) is 50.4 Å². The largest absolute Gasteiger partial charge is 0.323 e. The molecule has 3 atom stereocenters. The van der Waals surface area contributed by atoms with Gasteiger partial charge in [0.25, 0.3) is 0 Å². The standard InChI is InChI=1S/C18H21N3/c1-13-16(21-19)12-17(14-8-4-2-5-9-14)20-18(13)15-10-6-3-7-11-15/h2-11,13,17-18,20H,12,19H2,1H3/b21-16-/t13-,17+,18-/m0/s1. The summed E-state index contributed by atoms with van der Waals surface area (Å²) in [5, 5.41) is 7.82. The molecule has 3 N–H and O–H groups in total. The van der Waals surface area contributed by atoms with E-state index in [1.807, 2.05) is 12.1 Å². The predicted octanol–water partition coefficient (Wildman–Crippen LogP) is 3.41.